The molecule has 0 spiro atoms. The first-order chi connectivity index (χ1) is 13.8. The summed E-state index contributed by atoms with van der Waals surface area (Å²) in [6.07, 6.45) is -4.66. The summed E-state index contributed by atoms with van der Waals surface area (Å²) in [5.41, 5.74) is -1.35. The molecule has 0 aliphatic carbocycles. The predicted molar refractivity (Wildman–Crippen MR) is 101 cm³/mol. The van der Waals surface area contributed by atoms with E-state index in [4.69, 9.17) is 9.47 Å². The van der Waals surface area contributed by atoms with Crippen molar-refractivity contribution in [1.82, 2.24) is 0 Å². The molecule has 0 unspecified atom stereocenters. The number of rotatable bonds is 6. The van der Waals surface area contributed by atoms with Gasteiger partial charge in [0.05, 0.1) is 17.6 Å². The van der Waals surface area contributed by atoms with E-state index in [9.17, 15) is 23.3 Å². The molecule has 0 atom stereocenters. The van der Waals surface area contributed by atoms with Gasteiger partial charge in [0, 0.05) is 11.8 Å². The van der Waals surface area contributed by atoms with Gasteiger partial charge in [-0.1, -0.05) is 0 Å². The highest BCUT2D eigenvalue weighted by molar-refractivity contribution is 5.70. The van der Waals surface area contributed by atoms with Crippen LogP contribution in [0.5, 0.6) is 17.2 Å². The molecule has 0 bridgehead atoms. The van der Waals surface area contributed by atoms with Crippen LogP contribution in [0.1, 0.15) is 5.56 Å². The molecule has 0 aliphatic rings. The van der Waals surface area contributed by atoms with Crippen LogP contribution in [0, 0.1) is 10.1 Å². The lowest BCUT2D eigenvalue weighted by Crippen LogP contribution is -2.06. The van der Waals surface area contributed by atoms with Crippen molar-refractivity contribution in [3.8, 4) is 17.2 Å². The van der Waals surface area contributed by atoms with Crippen LogP contribution in [0.4, 0.5) is 30.2 Å². The van der Waals surface area contributed by atoms with Crippen molar-refractivity contribution >= 4 is 17.1 Å². The lowest BCUT2D eigenvalue weighted by molar-refractivity contribution is -0.384. The zero-order chi connectivity index (χ0) is 21.0. The number of nitro groups is 1. The molecule has 3 aromatic rings. The number of hydrogen-bond acceptors (Lipinski definition) is 5. The fourth-order valence-corrected chi connectivity index (χ4v) is 2.51. The van der Waals surface area contributed by atoms with E-state index in [2.05, 4.69) is 5.32 Å². The fraction of sp³-hybridized carbons (Fsp3) is 0.100. The van der Waals surface area contributed by atoms with Gasteiger partial charge in [-0.15, -0.1) is 0 Å². The molecule has 0 saturated heterocycles. The standard InChI is InChI=1S/C20H15F3N2O4/c1-28-15-7-9-17(10-8-15)29-16-5-3-14(4-6-16)24-18-11-2-13(20(21,22)23)12-19(18)25(26)27/h2-12,24H,1H3. The van der Waals surface area contributed by atoms with Gasteiger partial charge in [0.25, 0.3) is 5.69 Å². The molecular weight excluding hydrogens is 389 g/mol. The van der Waals surface area contributed by atoms with Gasteiger partial charge in [0.15, 0.2) is 0 Å². The highest BCUT2D eigenvalue weighted by Gasteiger charge is 2.33. The Morgan fingerprint density at radius 1 is 0.897 bits per heavy atom. The second-order valence-electron chi connectivity index (χ2n) is 5.91. The van der Waals surface area contributed by atoms with Crippen molar-refractivity contribution in [3.05, 3.63) is 82.4 Å². The minimum Gasteiger partial charge on any atom is -0.497 e. The van der Waals surface area contributed by atoms with Crippen molar-refractivity contribution in [2.75, 3.05) is 12.4 Å². The molecule has 0 saturated carbocycles. The second-order valence-corrected chi connectivity index (χ2v) is 5.91. The SMILES string of the molecule is COc1ccc(Oc2ccc(Nc3ccc(C(F)(F)F)cc3[N+](=O)[O-])cc2)cc1. The number of methoxy groups -OCH3 is 1. The maximum absolute atomic E-state index is 12.8. The summed E-state index contributed by atoms with van der Waals surface area (Å²) in [6, 6.07) is 15.7. The number of alkyl halides is 3. The molecule has 150 valence electrons. The third-order valence-corrected chi connectivity index (χ3v) is 3.95. The van der Waals surface area contributed by atoms with Crippen molar-refractivity contribution in [1.29, 1.82) is 0 Å². The first-order valence-corrected chi connectivity index (χ1v) is 8.31. The molecule has 0 aromatic heterocycles. The smallest absolute Gasteiger partial charge is 0.416 e. The van der Waals surface area contributed by atoms with Crippen molar-refractivity contribution in [2.45, 2.75) is 6.18 Å². The number of benzene rings is 3. The molecule has 29 heavy (non-hydrogen) atoms. The maximum Gasteiger partial charge on any atom is 0.416 e. The van der Waals surface area contributed by atoms with Crippen LogP contribution in [0.25, 0.3) is 0 Å². The van der Waals surface area contributed by atoms with Gasteiger partial charge in [-0.3, -0.25) is 10.1 Å². The Kier molecular flexibility index (Phi) is 5.58. The Morgan fingerprint density at radius 3 is 1.97 bits per heavy atom. The monoisotopic (exact) mass is 404 g/mol. The maximum atomic E-state index is 12.8. The van der Waals surface area contributed by atoms with E-state index in [-0.39, 0.29) is 5.69 Å². The zero-order valence-corrected chi connectivity index (χ0v) is 15.1. The van der Waals surface area contributed by atoms with E-state index >= 15 is 0 Å². The van der Waals surface area contributed by atoms with Gasteiger partial charge in [-0.2, -0.15) is 13.2 Å². The average Bonchev–Trinajstić information content (AvgIpc) is 2.69. The number of ether oxygens (including phenoxy) is 2. The summed E-state index contributed by atoms with van der Waals surface area (Å²) >= 11 is 0. The second kappa shape index (κ2) is 8.09. The molecule has 0 radical (unpaired) electrons. The Balaban J connectivity index is 1.76. The average molecular weight is 404 g/mol. The van der Waals surface area contributed by atoms with E-state index in [0.29, 0.717) is 29.0 Å². The summed E-state index contributed by atoms with van der Waals surface area (Å²) in [6.45, 7) is 0. The summed E-state index contributed by atoms with van der Waals surface area (Å²) in [4.78, 5) is 10.3. The minimum atomic E-state index is -4.66. The minimum absolute atomic E-state index is 0.0492. The first-order valence-electron chi connectivity index (χ1n) is 8.31. The van der Waals surface area contributed by atoms with Gasteiger partial charge < -0.3 is 14.8 Å². The van der Waals surface area contributed by atoms with Gasteiger partial charge in [0.2, 0.25) is 0 Å². The molecule has 1 N–H and O–H groups in total. The van der Waals surface area contributed by atoms with Crippen molar-refractivity contribution < 1.29 is 27.6 Å². The number of halogens is 3. The summed E-state index contributed by atoms with van der Waals surface area (Å²) < 4.78 is 49.1. The third kappa shape index (κ3) is 4.95. The first kappa shape index (κ1) is 20.0. The van der Waals surface area contributed by atoms with Crippen LogP contribution < -0.4 is 14.8 Å². The zero-order valence-electron chi connectivity index (χ0n) is 15.1. The molecule has 0 amide bonds. The van der Waals surface area contributed by atoms with Crippen molar-refractivity contribution in [3.63, 3.8) is 0 Å². The molecule has 6 nitrogen and oxygen atoms in total. The molecule has 3 aromatic carbocycles. The normalized spacial score (nSPS) is 11.0. The lowest BCUT2D eigenvalue weighted by Gasteiger charge is -2.11. The van der Waals surface area contributed by atoms with Crippen LogP contribution in [0.2, 0.25) is 0 Å². The van der Waals surface area contributed by atoms with Gasteiger partial charge in [0.1, 0.15) is 22.9 Å². The number of nitrogens with zero attached hydrogens (tertiary/aromatic N) is 1. The van der Waals surface area contributed by atoms with Gasteiger partial charge in [-0.05, 0) is 60.7 Å². The van der Waals surface area contributed by atoms with E-state index in [1.54, 1.807) is 55.6 Å². The van der Waals surface area contributed by atoms with Crippen LogP contribution in [-0.4, -0.2) is 12.0 Å². The molecule has 9 heteroatoms. The highest BCUT2D eigenvalue weighted by atomic mass is 19.4. The Morgan fingerprint density at radius 2 is 1.45 bits per heavy atom. The summed E-state index contributed by atoms with van der Waals surface area (Å²) in [7, 11) is 1.56. The number of nitrogens with one attached hydrogen (secondary N) is 1. The van der Waals surface area contributed by atoms with E-state index in [1.807, 2.05) is 0 Å². The topological polar surface area (TPSA) is 73.6 Å². The van der Waals surface area contributed by atoms with Gasteiger partial charge >= 0.3 is 6.18 Å². The largest absolute Gasteiger partial charge is 0.497 e. The van der Waals surface area contributed by atoms with E-state index in [0.717, 1.165) is 12.1 Å². The van der Waals surface area contributed by atoms with E-state index in [1.165, 1.54) is 0 Å². The Labute approximate surface area is 163 Å². The highest BCUT2D eigenvalue weighted by Crippen LogP contribution is 2.36. The Bertz CT molecular complexity index is 1000. The Hall–Kier alpha value is -3.75. The van der Waals surface area contributed by atoms with E-state index < -0.39 is 22.4 Å². The molecule has 0 aliphatic heterocycles. The predicted octanol–water partition coefficient (Wildman–Crippen LogP) is 6.16. The molecular formula is C20H15F3N2O4. The fourth-order valence-electron chi connectivity index (χ4n) is 2.51. The van der Waals surface area contributed by atoms with Crippen LogP contribution in [-0.2, 0) is 6.18 Å². The molecule has 0 heterocycles. The van der Waals surface area contributed by atoms with Crippen molar-refractivity contribution in [2.24, 2.45) is 0 Å². The number of hydrogen-bond donors (Lipinski definition) is 1. The van der Waals surface area contributed by atoms with Gasteiger partial charge in [-0.25, -0.2) is 0 Å². The number of nitro benzene ring substituents is 1. The third-order valence-electron chi connectivity index (χ3n) is 3.95. The van der Waals surface area contributed by atoms with Crippen LogP contribution in [0.15, 0.2) is 66.7 Å². The molecule has 0 fully saturated rings. The summed E-state index contributed by atoms with van der Waals surface area (Å²) in [5, 5.41) is 13.9. The summed E-state index contributed by atoms with van der Waals surface area (Å²) in [5.74, 6) is 1.79. The lowest BCUT2D eigenvalue weighted by atomic mass is 10.1. The number of anilines is 2. The molecule has 3 rings (SSSR count). The van der Waals surface area contributed by atoms with Crippen LogP contribution in [0.3, 0.4) is 0 Å². The van der Waals surface area contributed by atoms with Crippen LogP contribution >= 0.6 is 0 Å². The quantitative estimate of drug-likeness (QED) is 0.394.